The van der Waals surface area contributed by atoms with E-state index in [0.29, 0.717) is 18.1 Å². The van der Waals surface area contributed by atoms with Crippen LogP contribution in [-0.2, 0) is 0 Å². The average Bonchev–Trinajstić information content (AvgIpc) is 2.35. The lowest BCUT2D eigenvalue weighted by Crippen LogP contribution is -2.36. The SMILES string of the molecule is CCCN(CCC#N)C(=S)Nc1ccccc1. The molecule has 1 rings (SSSR count). The summed E-state index contributed by atoms with van der Waals surface area (Å²) in [5, 5.41) is 12.5. The van der Waals surface area contributed by atoms with Gasteiger partial charge in [0.1, 0.15) is 0 Å². The zero-order valence-electron chi connectivity index (χ0n) is 10.0. The highest BCUT2D eigenvalue weighted by Crippen LogP contribution is 2.07. The summed E-state index contributed by atoms with van der Waals surface area (Å²) in [5.74, 6) is 0. The van der Waals surface area contributed by atoms with E-state index in [2.05, 4.69) is 18.3 Å². The number of anilines is 1. The van der Waals surface area contributed by atoms with Crippen molar-refractivity contribution in [1.29, 1.82) is 5.26 Å². The smallest absolute Gasteiger partial charge is 0.173 e. The quantitative estimate of drug-likeness (QED) is 0.812. The number of nitrogens with zero attached hydrogens (tertiary/aromatic N) is 2. The molecule has 0 fully saturated rings. The maximum atomic E-state index is 8.61. The molecule has 0 atom stereocenters. The Kier molecular flexibility index (Phi) is 6.05. The Hall–Kier alpha value is -1.60. The van der Waals surface area contributed by atoms with Crippen molar-refractivity contribution in [3.8, 4) is 6.07 Å². The fraction of sp³-hybridized carbons (Fsp3) is 0.385. The summed E-state index contributed by atoms with van der Waals surface area (Å²) in [4.78, 5) is 2.03. The molecule has 1 aromatic rings. The van der Waals surface area contributed by atoms with Crippen LogP contribution in [0.5, 0.6) is 0 Å². The highest BCUT2D eigenvalue weighted by atomic mass is 32.1. The first kappa shape index (κ1) is 13.5. The van der Waals surface area contributed by atoms with E-state index in [-0.39, 0.29) is 0 Å². The predicted molar refractivity (Wildman–Crippen MR) is 74.8 cm³/mol. The number of rotatable bonds is 5. The molecular weight excluding hydrogens is 230 g/mol. The Labute approximate surface area is 108 Å². The third kappa shape index (κ3) is 4.83. The lowest BCUT2D eigenvalue weighted by molar-refractivity contribution is 0.432. The van der Waals surface area contributed by atoms with Crippen LogP contribution in [0.1, 0.15) is 19.8 Å². The number of thiocarbonyl (C=S) groups is 1. The molecule has 0 aliphatic heterocycles. The number of hydrogen-bond acceptors (Lipinski definition) is 2. The Morgan fingerprint density at radius 1 is 1.35 bits per heavy atom. The van der Waals surface area contributed by atoms with Gasteiger partial charge in [-0.2, -0.15) is 5.26 Å². The summed E-state index contributed by atoms with van der Waals surface area (Å²) < 4.78 is 0. The summed E-state index contributed by atoms with van der Waals surface area (Å²) in [6.45, 7) is 3.66. The molecule has 0 saturated heterocycles. The van der Waals surface area contributed by atoms with Crippen LogP contribution in [0.3, 0.4) is 0 Å². The van der Waals surface area contributed by atoms with Gasteiger partial charge in [-0.15, -0.1) is 0 Å². The van der Waals surface area contributed by atoms with E-state index in [1.807, 2.05) is 35.2 Å². The van der Waals surface area contributed by atoms with E-state index in [1.165, 1.54) is 0 Å². The molecule has 17 heavy (non-hydrogen) atoms. The fourth-order valence-electron chi connectivity index (χ4n) is 1.49. The Balaban J connectivity index is 2.56. The number of hydrogen-bond donors (Lipinski definition) is 1. The molecule has 0 amide bonds. The minimum atomic E-state index is 0.497. The first-order valence-electron chi connectivity index (χ1n) is 5.76. The maximum Gasteiger partial charge on any atom is 0.173 e. The van der Waals surface area contributed by atoms with Gasteiger partial charge < -0.3 is 10.2 Å². The molecule has 0 radical (unpaired) electrons. The van der Waals surface area contributed by atoms with Crippen LogP contribution in [0.15, 0.2) is 30.3 Å². The molecule has 0 aromatic heterocycles. The average molecular weight is 247 g/mol. The number of nitrogens with one attached hydrogen (secondary N) is 1. The summed E-state index contributed by atoms with van der Waals surface area (Å²) >= 11 is 5.34. The molecule has 1 N–H and O–H groups in total. The van der Waals surface area contributed by atoms with Crippen molar-refractivity contribution in [1.82, 2.24) is 4.90 Å². The van der Waals surface area contributed by atoms with Crippen LogP contribution >= 0.6 is 12.2 Å². The number of nitriles is 1. The molecule has 0 unspecified atom stereocenters. The molecule has 0 spiro atoms. The second kappa shape index (κ2) is 7.64. The van der Waals surface area contributed by atoms with Crippen molar-refractivity contribution < 1.29 is 0 Å². The van der Waals surface area contributed by atoms with E-state index >= 15 is 0 Å². The maximum absolute atomic E-state index is 8.61. The summed E-state index contributed by atoms with van der Waals surface area (Å²) in [6, 6.07) is 12.0. The minimum Gasteiger partial charge on any atom is -0.348 e. The van der Waals surface area contributed by atoms with Crippen molar-refractivity contribution in [2.24, 2.45) is 0 Å². The molecular formula is C13H17N3S. The molecule has 1 aromatic carbocycles. The number of benzene rings is 1. The Morgan fingerprint density at radius 2 is 2.06 bits per heavy atom. The van der Waals surface area contributed by atoms with Crippen molar-refractivity contribution in [3.05, 3.63) is 30.3 Å². The van der Waals surface area contributed by atoms with Gasteiger partial charge in [-0.05, 0) is 30.8 Å². The molecule has 0 bridgehead atoms. The second-order valence-corrected chi connectivity index (χ2v) is 4.08. The van der Waals surface area contributed by atoms with Crippen LogP contribution in [0.4, 0.5) is 5.69 Å². The molecule has 0 aliphatic rings. The minimum absolute atomic E-state index is 0.497. The van der Waals surface area contributed by atoms with Gasteiger partial charge in [0.15, 0.2) is 5.11 Å². The molecule has 0 saturated carbocycles. The standard InChI is InChI=1S/C13H17N3S/c1-2-10-16(11-6-9-14)13(17)15-12-7-4-3-5-8-12/h3-5,7-8H,2,6,10-11H2,1H3,(H,15,17). The first-order chi connectivity index (χ1) is 8.27. The zero-order chi connectivity index (χ0) is 12.5. The van der Waals surface area contributed by atoms with Crippen molar-refractivity contribution in [3.63, 3.8) is 0 Å². The monoisotopic (exact) mass is 247 g/mol. The lowest BCUT2D eigenvalue weighted by atomic mass is 10.3. The Morgan fingerprint density at radius 3 is 2.65 bits per heavy atom. The van der Waals surface area contributed by atoms with Crippen LogP contribution < -0.4 is 5.32 Å². The topological polar surface area (TPSA) is 39.1 Å². The molecule has 4 heteroatoms. The van der Waals surface area contributed by atoms with Crippen LogP contribution in [-0.4, -0.2) is 23.1 Å². The van der Waals surface area contributed by atoms with Crippen molar-refractivity contribution in [2.75, 3.05) is 18.4 Å². The Bertz CT molecular complexity index is 383. The van der Waals surface area contributed by atoms with Gasteiger partial charge in [0.25, 0.3) is 0 Å². The van der Waals surface area contributed by atoms with Gasteiger partial charge in [-0.25, -0.2) is 0 Å². The van der Waals surface area contributed by atoms with Crippen molar-refractivity contribution in [2.45, 2.75) is 19.8 Å². The van der Waals surface area contributed by atoms with Crippen LogP contribution in [0.2, 0.25) is 0 Å². The molecule has 90 valence electrons. The summed E-state index contributed by atoms with van der Waals surface area (Å²) in [5.41, 5.74) is 0.982. The third-order valence-electron chi connectivity index (χ3n) is 2.30. The van der Waals surface area contributed by atoms with E-state index in [4.69, 9.17) is 17.5 Å². The van der Waals surface area contributed by atoms with Gasteiger partial charge in [0, 0.05) is 18.8 Å². The van der Waals surface area contributed by atoms with Gasteiger partial charge in [0.2, 0.25) is 0 Å². The van der Waals surface area contributed by atoms with E-state index < -0.39 is 0 Å². The summed E-state index contributed by atoms with van der Waals surface area (Å²) in [6.07, 6.45) is 1.51. The van der Waals surface area contributed by atoms with Crippen molar-refractivity contribution >= 4 is 23.0 Å². The van der Waals surface area contributed by atoms with Gasteiger partial charge in [0.05, 0.1) is 12.5 Å². The summed E-state index contributed by atoms with van der Waals surface area (Å²) in [7, 11) is 0. The second-order valence-electron chi connectivity index (χ2n) is 3.69. The molecule has 0 aliphatic carbocycles. The van der Waals surface area contributed by atoms with Gasteiger partial charge in [-0.1, -0.05) is 25.1 Å². The van der Waals surface area contributed by atoms with Crippen LogP contribution in [0.25, 0.3) is 0 Å². The largest absolute Gasteiger partial charge is 0.348 e. The van der Waals surface area contributed by atoms with E-state index in [0.717, 1.165) is 18.7 Å². The van der Waals surface area contributed by atoms with Gasteiger partial charge >= 0.3 is 0 Å². The molecule has 0 heterocycles. The van der Waals surface area contributed by atoms with Crippen LogP contribution in [0, 0.1) is 11.3 Å². The highest BCUT2D eigenvalue weighted by Gasteiger charge is 2.07. The normalized spacial score (nSPS) is 9.41. The van der Waals surface area contributed by atoms with E-state index in [9.17, 15) is 0 Å². The van der Waals surface area contributed by atoms with Gasteiger partial charge in [-0.3, -0.25) is 0 Å². The third-order valence-corrected chi connectivity index (χ3v) is 2.66. The first-order valence-corrected chi connectivity index (χ1v) is 6.16. The lowest BCUT2D eigenvalue weighted by Gasteiger charge is -2.24. The highest BCUT2D eigenvalue weighted by molar-refractivity contribution is 7.80. The molecule has 3 nitrogen and oxygen atoms in total. The fourth-order valence-corrected chi connectivity index (χ4v) is 1.79. The van der Waals surface area contributed by atoms with E-state index in [1.54, 1.807) is 0 Å². The predicted octanol–water partition coefficient (Wildman–Crippen LogP) is 3.01. The number of para-hydroxylation sites is 1. The zero-order valence-corrected chi connectivity index (χ0v) is 10.8.